The van der Waals surface area contributed by atoms with E-state index in [-0.39, 0.29) is 17.5 Å². The molecule has 0 aromatic carbocycles. The number of halogens is 1. The van der Waals surface area contributed by atoms with E-state index in [1.807, 2.05) is 6.07 Å². The van der Waals surface area contributed by atoms with Gasteiger partial charge in [-0.05, 0) is 25.0 Å². The highest BCUT2D eigenvalue weighted by Gasteiger charge is 2.55. The molecule has 3 rings (SSSR count). The number of likely N-dealkylation sites (N-methyl/N-ethyl adjacent to an activating group) is 1. The highest BCUT2D eigenvalue weighted by Crippen LogP contribution is 2.39. The Morgan fingerprint density at radius 2 is 2.29 bits per heavy atom. The van der Waals surface area contributed by atoms with Crippen LogP contribution in [-0.4, -0.2) is 53.6 Å². The molecule has 2 aliphatic rings. The molecular formula is C13H15BClN2O4+. The second-order valence-corrected chi connectivity index (χ2v) is 6.34. The number of carbonyl (C=O) groups excluding carboxylic acids is 1. The Kier molecular flexibility index (Phi) is 3.41. The third kappa shape index (κ3) is 2.89. The maximum Gasteiger partial charge on any atom is 0.680 e. The summed E-state index contributed by atoms with van der Waals surface area (Å²) in [6, 6.07) is 3.53. The number of aliphatic carboxylic acids is 1. The van der Waals surface area contributed by atoms with Gasteiger partial charge in [-0.15, -0.1) is 0 Å². The van der Waals surface area contributed by atoms with Gasteiger partial charge in [-0.2, -0.15) is 0 Å². The summed E-state index contributed by atoms with van der Waals surface area (Å²) in [5.41, 5.74) is 1.61. The topological polar surface area (TPSA) is 76.5 Å². The van der Waals surface area contributed by atoms with Gasteiger partial charge in [0, 0.05) is 17.1 Å². The summed E-state index contributed by atoms with van der Waals surface area (Å²) in [7, 11) is 1.06. The molecule has 2 fully saturated rings. The Morgan fingerprint density at radius 1 is 1.57 bits per heavy atom. The van der Waals surface area contributed by atoms with Crippen molar-refractivity contribution in [2.45, 2.75) is 18.8 Å². The van der Waals surface area contributed by atoms with Gasteiger partial charge in [0.15, 0.2) is 13.1 Å². The number of rotatable bonds is 4. The van der Waals surface area contributed by atoms with Crippen LogP contribution < -0.4 is 5.46 Å². The third-order valence-electron chi connectivity index (χ3n) is 3.91. The lowest BCUT2D eigenvalue weighted by Crippen LogP contribution is -2.60. The van der Waals surface area contributed by atoms with Crippen molar-refractivity contribution in [2.24, 2.45) is 0 Å². The first-order valence-electron chi connectivity index (χ1n) is 6.80. The van der Waals surface area contributed by atoms with Gasteiger partial charge >= 0.3 is 19.0 Å². The van der Waals surface area contributed by atoms with Crippen LogP contribution in [0, 0.1) is 0 Å². The van der Waals surface area contributed by atoms with Gasteiger partial charge in [0.25, 0.3) is 0 Å². The van der Waals surface area contributed by atoms with Crippen LogP contribution in [0.5, 0.6) is 0 Å². The van der Waals surface area contributed by atoms with Crippen LogP contribution >= 0.6 is 11.6 Å². The molecule has 0 amide bonds. The average molecular weight is 310 g/mol. The van der Waals surface area contributed by atoms with Crippen molar-refractivity contribution in [3.8, 4) is 0 Å². The molecule has 0 bridgehead atoms. The van der Waals surface area contributed by atoms with Crippen molar-refractivity contribution in [2.75, 3.05) is 20.1 Å². The monoisotopic (exact) mass is 309 g/mol. The Morgan fingerprint density at radius 3 is 2.90 bits per heavy atom. The van der Waals surface area contributed by atoms with E-state index in [4.69, 9.17) is 21.4 Å². The number of pyridine rings is 1. The summed E-state index contributed by atoms with van der Waals surface area (Å²) in [5, 5.41) is 9.42. The fraction of sp³-hybridized carbons (Fsp3) is 0.462. The van der Waals surface area contributed by atoms with Crippen molar-refractivity contribution in [1.82, 2.24) is 4.98 Å². The summed E-state index contributed by atoms with van der Waals surface area (Å²) < 4.78 is 5.34. The predicted octanol–water partition coefficient (Wildman–Crippen LogP) is 0.396. The highest BCUT2D eigenvalue weighted by molar-refractivity contribution is 6.63. The van der Waals surface area contributed by atoms with Gasteiger partial charge in [-0.3, -0.25) is 0 Å². The zero-order valence-corrected chi connectivity index (χ0v) is 12.3. The number of quaternary nitrogens is 1. The van der Waals surface area contributed by atoms with Gasteiger partial charge in [0.2, 0.25) is 0 Å². The zero-order chi connectivity index (χ0) is 15.2. The molecule has 1 saturated heterocycles. The van der Waals surface area contributed by atoms with E-state index in [0.717, 1.165) is 18.5 Å². The van der Waals surface area contributed by atoms with Crippen molar-refractivity contribution in [3.05, 3.63) is 23.0 Å². The molecule has 21 heavy (non-hydrogen) atoms. The van der Waals surface area contributed by atoms with Crippen LogP contribution in [0.2, 0.25) is 5.15 Å². The van der Waals surface area contributed by atoms with E-state index in [1.165, 1.54) is 0 Å². The molecule has 1 saturated carbocycles. The van der Waals surface area contributed by atoms with Crippen molar-refractivity contribution < 1.29 is 23.7 Å². The summed E-state index contributed by atoms with van der Waals surface area (Å²) in [6.07, 6.45) is 2.16. The van der Waals surface area contributed by atoms with Gasteiger partial charge in [-0.25, -0.2) is 14.6 Å². The van der Waals surface area contributed by atoms with Gasteiger partial charge < -0.3 is 14.2 Å². The first-order chi connectivity index (χ1) is 9.87. The normalized spacial score (nSPS) is 25.0. The lowest BCUT2D eigenvalue weighted by Gasteiger charge is -2.28. The third-order valence-corrected chi connectivity index (χ3v) is 4.11. The molecule has 110 valence electrons. The molecular weight excluding hydrogens is 294 g/mol. The van der Waals surface area contributed by atoms with E-state index in [9.17, 15) is 9.59 Å². The summed E-state index contributed by atoms with van der Waals surface area (Å²) >= 11 is 6.06. The minimum absolute atomic E-state index is 0.0153. The average Bonchev–Trinajstić information content (AvgIpc) is 3.14. The number of nitrogens with zero attached hydrogens (tertiary/aromatic N) is 2. The number of carboxylic acid groups (broad SMARTS) is 1. The molecule has 1 N–H and O–H groups in total. The number of aromatic nitrogens is 1. The molecule has 1 aliphatic heterocycles. The number of hydrogen-bond acceptors (Lipinski definition) is 4. The van der Waals surface area contributed by atoms with Gasteiger partial charge in [-0.1, -0.05) is 11.6 Å². The Bertz CT molecular complexity index is 622. The van der Waals surface area contributed by atoms with E-state index < -0.39 is 19.0 Å². The standard InChI is InChI=1S/C13H14BClN2O4/c1-17(6-12(18)19)7-13(20)21-14(17)9-4-10(8-2-3-8)16-11(15)5-9/h4-5,8H,2-3,6-7H2,1H3/p+1. The molecule has 0 radical (unpaired) electrons. The number of hydrogen-bond donors (Lipinski definition) is 1. The molecule has 1 atom stereocenters. The summed E-state index contributed by atoms with van der Waals surface area (Å²) in [6.45, 7) is -0.148. The van der Waals surface area contributed by atoms with Gasteiger partial charge in [0.05, 0.1) is 7.05 Å². The maximum absolute atomic E-state index is 11.7. The molecule has 0 spiro atoms. The van der Waals surface area contributed by atoms with E-state index in [1.54, 1.807) is 13.1 Å². The quantitative estimate of drug-likeness (QED) is 0.643. The van der Waals surface area contributed by atoms with Crippen molar-refractivity contribution in [1.29, 1.82) is 0 Å². The van der Waals surface area contributed by atoms with Gasteiger partial charge in [0.1, 0.15) is 5.15 Å². The smallest absolute Gasteiger partial charge is 0.477 e. The first kappa shape index (κ1) is 14.3. The minimum Gasteiger partial charge on any atom is -0.477 e. The van der Waals surface area contributed by atoms with Crippen LogP contribution in [-0.2, 0) is 14.2 Å². The summed E-state index contributed by atoms with van der Waals surface area (Å²) in [4.78, 5) is 27.0. The zero-order valence-electron chi connectivity index (χ0n) is 11.6. The SMILES string of the molecule is C[N+]1(CC(=O)O)CC(=O)OB1c1cc(Cl)nc(C2CC2)c1. The molecule has 8 heteroatoms. The molecule has 1 aromatic heterocycles. The van der Waals surface area contributed by atoms with Crippen LogP contribution in [0.1, 0.15) is 24.5 Å². The van der Waals surface area contributed by atoms with Crippen molar-refractivity contribution in [3.63, 3.8) is 0 Å². The fourth-order valence-corrected chi connectivity index (χ4v) is 3.03. The largest absolute Gasteiger partial charge is 0.680 e. The molecule has 2 heterocycles. The second kappa shape index (κ2) is 5.00. The highest BCUT2D eigenvalue weighted by atomic mass is 35.5. The fourth-order valence-electron chi connectivity index (χ4n) is 2.81. The Hall–Kier alpha value is -1.60. The Labute approximate surface area is 127 Å². The number of carbonyl (C=O) groups is 2. The Balaban J connectivity index is 1.97. The number of carboxylic acids is 1. The maximum atomic E-state index is 11.7. The molecule has 6 nitrogen and oxygen atoms in total. The lowest BCUT2D eigenvalue weighted by atomic mass is 9.69. The van der Waals surface area contributed by atoms with E-state index in [0.29, 0.717) is 16.5 Å². The van der Waals surface area contributed by atoms with E-state index in [2.05, 4.69) is 4.98 Å². The van der Waals surface area contributed by atoms with Crippen LogP contribution in [0.3, 0.4) is 0 Å². The van der Waals surface area contributed by atoms with E-state index >= 15 is 0 Å². The molecule has 1 unspecified atom stereocenters. The molecule has 1 aliphatic carbocycles. The minimum atomic E-state index is -0.969. The first-order valence-corrected chi connectivity index (χ1v) is 7.18. The molecule has 1 aromatic rings. The second-order valence-electron chi connectivity index (χ2n) is 5.95. The van der Waals surface area contributed by atoms with Crippen LogP contribution in [0.15, 0.2) is 12.1 Å². The predicted molar refractivity (Wildman–Crippen MR) is 76.3 cm³/mol. The van der Waals surface area contributed by atoms with Crippen LogP contribution in [0.4, 0.5) is 0 Å². The lowest BCUT2D eigenvalue weighted by molar-refractivity contribution is -0.786. The van der Waals surface area contributed by atoms with Crippen LogP contribution in [0.25, 0.3) is 0 Å². The van der Waals surface area contributed by atoms with Crippen molar-refractivity contribution >= 4 is 36.1 Å². The summed E-state index contributed by atoms with van der Waals surface area (Å²) in [5.74, 6) is -0.953.